The summed E-state index contributed by atoms with van der Waals surface area (Å²) in [4.78, 5) is 2.37. The third kappa shape index (κ3) is 3.69. The molecule has 1 fully saturated rings. The summed E-state index contributed by atoms with van der Waals surface area (Å²) in [5.41, 5.74) is 1.74. The van der Waals surface area contributed by atoms with Gasteiger partial charge < -0.3 is 15.0 Å². The second kappa shape index (κ2) is 6.55. The molecule has 1 aromatic rings. The summed E-state index contributed by atoms with van der Waals surface area (Å²) in [6, 6.07) is 7.86. The number of benzene rings is 1. The highest BCUT2D eigenvalue weighted by atomic mass is 16.5. The van der Waals surface area contributed by atoms with Gasteiger partial charge in [-0.3, -0.25) is 0 Å². The highest BCUT2D eigenvalue weighted by Crippen LogP contribution is 2.19. The van der Waals surface area contributed by atoms with Crippen molar-refractivity contribution < 1.29 is 4.74 Å². The molecule has 4 nitrogen and oxygen atoms in total. The van der Waals surface area contributed by atoms with Gasteiger partial charge in [-0.2, -0.15) is 5.26 Å². The van der Waals surface area contributed by atoms with E-state index in [1.165, 1.54) is 19.5 Å². The van der Waals surface area contributed by atoms with Crippen molar-refractivity contribution in [2.24, 2.45) is 5.92 Å². The van der Waals surface area contributed by atoms with Crippen LogP contribution < -0.4 is 10.1 Å². The Labute approximate surface area is 115 Å². The quantitative estimate of drug-likeness (QED) is 0.872. The van der Waals surface area contributed by atoms with Gasteiger partial charge in [0.1, 0.15) is 11.8 Å². The van der Waals surface area contributed by atoms with E-state index < -0.39 is 0 Å². The molecule has 1 unspecified atom stereocenters. The van der Waals surface area contributed by atoms with Crippen LogP contribution >= 0.6 is 0 Å². The Morgan fingerprint density at radius 3 is 3.00 bits per heavy atom. The van der Waals surface area contributed by atoms with Crippen LogP contribution in [0.1, 0.15) is 17.5 Å². The van der Waals surface area contributed by atoms with Gasteiger partial charge in [0.05, 0.1) is 12.7 Å². The standard InChI is InChI=1S/C15H21N3O/c1-18-6-5-13(11-18)10-17-9-12-3-4-14(8-16)15(7-12)19-2/h3-4,7,13,17H,5-6,9-11H2,1-2H3. The van der Waals surface area contributed by atoms with Crippen LogP contribution in [0, 0.1) is 17.2 Å². The Balaban J connectivity index is 1.84. The van der Waals surface area contributed by atoms with E-state index in [4.69, 9.17) is 10.00 Å². The molecule has 1 atom stereocenters. The smallest absolute Gasteiger partial charge is 0.136 e. The van der Waals surface area contributed by atoms with Crippen LogP contribution in [0.5, 0.6) is 5.75 Å². The Bertz CT molecular complexity index is 467. The molecule has 0 bridgehead atoms. The molecule has 19 heavy (non-hydrogen) atoms. The number of likely N-dealkylation sites (tertiary alicyclic amines) is 1. The van der Waals surface area contributed by atoms with E-state index in [0.29, 0.717) is 11.3 Å². The summed E-state index contributed by atoms with van der Waals surface area (Å²) in [6.07, 6.45) is 1.28. The first-order valence-electron chi connectivity index (χ1n) is 6.69. The number of methoxy groups -OCH3 is 1. The summed E-state index contributed by atoms with van der Waals surface area (Å²) in [7, 11) is 3.77. The van der Waals surface area contributed by atoms with Gasteiger partial charge in [-0.25, -0.2) is 0 Å². The van der Waals surface area contributed by atoms with Crippen LogP contribution in [0.3, 0.4) is 0 Å². The fourth-order valence-electron chi connectivity index (χ4n) is 2.55. The van der Waals surface area contributed by atoms with Crippen molar-refractivity contribution in [2.45, 2.75) is 13.0 Å². The van der Waals surface area contributed by atoms with Crippen LogP contribution in [0.25, 0.3) is 0 Å². The number of hydrogen-bond donors (Lipinski definition) is 1. The average Bonchev–Trinajstić information content (AvgIpc) is 2.84. The lowest BCUT2D eigenvalue weighted by Crippen LogP contribution is -2.24. The fraction of sp³-hybridized carbons (Fsp3) is 0.533. The Morgan fingerprint density at radius 2 is 2.37 bits per heavy atom. The molecule has 1 aromatic carbocycles. The summed E-state index contributed by atoms with van der Waals surface area (Å²) in [5, 5.41) is 12.4. The van der Waals surface area contributed by atoms with Gasteiger partial charge in [0.25, 0.3) is 0 Å². The van der Waals surface area contributed by atoms with E-state index in [1.807, 2.05) is 18.2 Å². The largest absolute Gasteiger partial charge is 0.495 e. The number of nitrogens with zero attached hydrogens (tertiary/aromatic N) is 2. The Morgan fingerprint density at radius 1 is 1.53 bits per heavy atom. The van der Waals surface area contributed by atoms with E-state index in [1.54, 1.807) is 7.11 Å². The van der Waals surface area contributed by atoms with Gasteiger partial charge in [-0.15, -0.1) is 0 Å². The van der Waals surface area contributed by atoms with Crippen molar-refractivity contribution in [2.75, 3.05) is 33.8 Å². The van der Waals surface area contributed by atoms with Gasteiger partial charge in [-0.05, 0) is 50.2 Å². The zero-order chi connectivity index (χ0) is 13.7. The zero-order valence-corrected chi connectivity index (χ0v) is 11.6. The predicted octanol–water partition coefficient (Wildman–Crippen LogP) is 1.61. The minimum atomic E-state index is 0.587. The van der Waals surface area contributed by atoms with Crippen LogP contribution in [0.2, 0.25) is 0 Å². The normalized spacial score (nSPS) is 19.3. The molecule has 1 saturated heterocycles. The molecule has 4 heteroatoms. The maximum Gasteiger partial charge on any atom is 0.136 e. The summed E-state index contributed by atoms with van der Waals surface area (Å²) < 4.78 is 5.21. The van der Waals surface area contributed by atoms with Crippen LogP contribution in [0.15, 0.2) is 18.2 Å². The molecule has 2 rings (SSSR count). The number of ether oxygens (including phenoxy) is 1. The van der Waals surface area contributed by atoms with Crippen LogP contribution in [-0.2, 0) is 6.54 Å². The van der Waals surface area contributed by atoms with Gasteiger partial charge in [0.15, 0.2) is 0 Å². The third-order valence-corrected chi connectivity index (χ3v) is 3.64. The molecule has 1 N–H and O–H groups in total. The van der Waals surface area contributed by atoms with E-state index >= 15 is 0 Å². The first kappa shape index (κ1) is 13.9. The maximum atomic E-state index is 8.93. The molecule has 0 aromatic heterocycles. The van der Waals surface area contributed by atoms with E-state index in [-0.39, 0.29) is 0 Å². The summed E-state index contributed by atoms with van der Waals surface area (Å²) in [5.74, 6) is 1.41. The predicted molar refractivity (Wildman–Crippen MR) is 75.0 cm³/mol. The molecule has 0 saturated carbocycles. The average molecular weight is 259 g/mol. The van der Waals surface area contributed by atoms with Gasteiger partial charge in [0, 0.05) is 13.1 Å². The maximum absolute atomic E-state index is 8.93. The Hall–Kier alpha value is -1.57. The molecule has 0 aliphatic carbocycles. The first-order chi connectivity index (χ1) is 9.22. The molecular formula is C15H21N3O. The number of hydrogen-bond acceptors (Lipinski definition) is 4. The van der Waals surface area contributed by atoms with Crippen LogP contribution in [0.4, 0.5) is 0 Å². The zero-order valence-electron chi connectivity index (χ0n) is 11.6. The van der Waals surface area contributed by atoms with E-state index in [0.717, 1.165) is 24.6 Å². The summed E-state index contributed by atoms with van der Waals surface area (Å²) in [6.45, 7) is 4.26. The minimum Gasteiger partial charge on any atom is -0.495 e. The second-order valence-electron chi connectivity index (χ2n) is 5.19. The van der Waals surface area contributed by atoms with E-state index in [2.05, 4.69) is 23.3 Å². The lowest BCUT2D eigenvalue weighted by Gasteiger charge is -2.12. The highest BCUT2D eigenvalue weighted by Gasteiger charge is 2.18. The second-order valence-corrected chi connectivity index (χ2v) is 5.19. The number of nitriles is 1. The molecule has 1 aliphatic heterocycles. The van der Waals surface area contributed by atoms with Crippen molar-refractivity contribution in [1.82, 2.24) is 10.2 Å². The molecule has 0 spiro atoms. The molecular weight excluding hydrogens is 238 g/mol. The Kier molecular flexibility index (Phi) is 4.78. The van der Waals surface area contributed by atoms with Crippen molar-refractivity contribution in [1.29, 1.82) is 5.26 Å². The van der Waals surface area contributed by atoms with Gasteiger partial charge in [-0.1, -0.05) is 6.07 Å². The van der Waals surface area contributed by atoms with Crippen molar-refractivity contribution in [3.8, 4) is 11.8 Å². The summed E-state index contributed by atoms with van der Waals surface area (Å²) >= 11 is 0. The van der Waals surface area contributed by atoms with E-state index in [9.17, 15) is 0 Å². The SMILES string of the molecule is COc1cc(CNCC2CCN(C)C2)ccc1C#N. The number of nitrogens with one attached hydrogen (secondary N) is 1. The third-order valence-electron chi connectivity index (χ3n) is 3.64. The minimum absolute atomic E-state index is 0.587. The lowest BCUT2D eigenvalue weighted by atomic mass is 10.1. The molecule has 1 aliphatic rings. The number of rotatable bonds is 5. The van der Waals surface area contributed by atoms with Gasteiger partial charge >= 0.3 is 0 Å². The topological polar surface area (TPSA) is 48.3 Å². The molecule has 102 valence electrons. The highest BCUT2D eigenvalue weighted by molar-refractivity contribution is 5.45. The van der Waals surface area contributed by atoms with Gasteiger partial charge in [0.2, 0.25) is 0 Å². The molecule has 1 heterocycles. The molecule has 0 amide bonds. The van der Waals surface area contributed by atoms with Crippen LogP contribution in [-0.4, -0.2) is 38.7 Å². The molecule has 0 radical (unpaired) electrons. The van der Waals surface area contributed by atoms with Crippen molar-refractivity contribution >= 4 is 0 Å². The van der Waals surface area contributed by atoms with Crippen molar-refractivity contribution in [3.63, 3.8) is 0 Å². The lowest BCUT2D eigenvalue weighted by molar-refractivity contribution is 0.388. The first-order valence-corrected chi connectivity index (χ1v) is 6.69. The fourth-order valence-corrected chi connectivity index (χ4v) is 2.55. The monoisotopic (exact) mass is 259 g/mol. The van der Waals surface area contributed by atoms with Crippen molar-refractivity contribution in [3.05, 3.63) is 29.3 Å².